The number of nitrogens with one attached hydrogen (secondary N) is 1. The van der Waals surface area contributed by atoms with Crippen LogP contribution < -0.4 is 5.32 Å². The van der Waals surface area contributed by atoms with Crippen molar-refractivity contribution in [3.8, 4) is 0 Å². The van der Waals surface area contributed by atoms with E-state index in [1.54, 1.807) is 13.0 Å². The highest BCUT2D eigenvalue weighted by Crippen LogP contribution is 2.20. The Kier molecular flexibility index (Phi) is 4.69. The minimum atomic E-state index is -4.24. The molecule has 2 nitrogen and oxygen atoms in total. The molecule has 0 radical (unpaired) electrons. The van der Waals surface area contributed by atoms with Crippen molar-refractivity contribution in [2.24, 2.45) is 0 Å². The van der Waals surface area contributed by atoms with E-state index < -0.39 is 24.3 Å². The molecule has 1 amide bonds. The van der Waals surface area contributed by atoms with E-state index in [4.69, 9.17) is 0 Å². The number of carbonyl (C=O) groups excluding carboxylic acids is 1. The molecular weight excluding hydrogens is 250 g/mol. The zero-order valence-electron chi connectivity index (χ0n) is 9.77. The molecule has 1 N–H and O–H groups in total. The summed E-state index contributed by atoms with van der Waals surface area (Å²) in [4.78, 5) is 11.5. The Hall–Kier alpha value is -1.59. The van der Waals surface area contributed by atoms with Gasteiger partial charge in [-0.2, -0.15) is 13.2 Å². The standard InChI is InChI=1S/C12H13F4NO/c1-8-3-4-9(10(13)7-8)11(18)17-6-2-5-12(14,15)16/h3-4,7H,2,5-6H2,1H3,(H,17,18). The smallest absolute Gasteiger partial charge is 0.352 e. The topological polar surface area (TPSA) is 29.1 Å². The highest BCUT2D eigenvalue weighted by Gasteiger charge is 2.26. The first kappa shape index (κ1) is 14.5. The first-order chi connectivity index (χ1) is 8.29. The van der Waals surface area contributed by atoms with Gasteiger partial charge < -0.3 is 5.32 Å². The van der Waals surface area contributed by atoms with Gasteiger partial charge in [-0.05, 0) is 31.0 Å². The first-order valence-corrected chi connectivity index (χ1v) is 5.41. The molecule has 100 valence electrons. The van der Waals surface area contributed by atoms with E-state index in [0.717, 1.165) is 0 Å². The summed E-state index contributed by atoms with van der Waals surface area (Å²) in [7, 11) is 0. The van der Waals surface area contributed by atoms with Gasteiger partial charge in [-0.25, -0.2) is 4.39 Å². The fraction of sp³-hybridized carbons (Fsp3) is 0.417. The van der Waals surface area contributed by atoms with Gasteiger partial charge in [0.2, 0.25) is 0 Å². The van der Waals surface area contributed by atoms with E-state index in [1.807, 2.05) is 0 Å². The second kappa shape index (κ2) is 5.84. The minimum absolute atomic E-state index is 0.133. The lowest BCUT2D eigenvalue weighted by molar-refractivity contribution is -0.135. The van der Waals surface area contributed by atoms with Crippen LogP contribution in [0.25, 0.3) is 0 Å². The fourth-order valence-corrected chi connectivity index (χ4v) is 1.39. The quantitative estimate of drug-likeness (QED) is 0.656. The number of alkyl halides is 3. The molecule has 0 atom stereocenters. The molecule has 0 bridgehead atoms. The zero-order valence-corrected chi connectivity index (χ0v) is 9.77. The van der Waals surface area contributed by atoms with Crippen LogP contribution in [-0.4, -0.2) is 18.6 Å². The van der Waals surface area contributed by atoms with Crippen molar-refractivity contribution in [2.75, 3.05) is 6.54 Å². The van der Waals surface area contributed by atoms with Crippen molar-refractivity contribution in [3.05, 3.63) is 35.1 Å². The van der Waals surface area contributed by atoms with Gasteiger partial charge in [0.1, 0.15) is 5.82 Å². The number of hydrogen-bond acceptors (Lipinski definition) is 1. The predicted octanol–water partition coefficient (Wildman–Crippen LogP) is 3.21. The van der Waals surface area contributed by atoms with E-state index in [-0.39, 0.29) is 18.5 Å². The maximum absolute atomic E-state index is 13.4. The van der Waals surface area contributed by atoms with Crippen molar-refractivity contribution in [1.29, 1.82) is 0 Å². The molecule has 0 spiro atoms. The SMILES string of the molecule is Cc1ccc(C(=O)NCCCC(F)(F)F)c(F)c1. The van der Waals surface area contributed by atoms with Gasteiger partial charge in [0.25, 0.3) is 5.91 Å². The van der Waals surface area contributed by atoms with E-state index >= 15 is 0 Å². The Morgan fingerprint density at radius 1 is 1.33 bits per heavy atom. The molecule has 0 aliphatic rings. The molecule has 0 fully saturated rings. The first-order valence-electron chi connectivity index (χ1n) is 5.41. The summed E-state index contributed by atoms with van der Waals surface area (Å²) in [5.74, 6) is -1.38. The summed E-state index contributed by atoms with van der Waals surface area (Å²) >= 11 is 0. The molecule has 0 saturated carbocycles. The van der Waals surface area contributed by atoms with Crippen LogP contribution in [-0.2, 0) is 0 Å². The number of halogens is 4. The van der Waals surface area contributed by atoms with Gasteiger partial charge in [-0.3, -0.25) is 4.79 Å². The molecule has 0 aliphatic carbocycles. The van der Waals surface area contributed by atoms with E-state index in [9.17, 15) is 22.4 Å². The molecule has 0 heterocycles. The third-order valence-electron chi connectivity index (χ3n) is 2.29. The molecule has 0 aromatic heterocycles. The molecule has 0 aliphatic heterocycles. The average Bonchev–Trinajstić information content (AvgIpc) is 2.22. The summed E-state index contributed by atoms with van der Waals surface area (Å²) < 4.78 is 48.9. The summed E-state index contributed by atoms with van der Waals surface area (Å²) in [6.07, 6.45) is -5.42. The summed E-state index contributed by atoms with van der Waals surface area (Å²) in [5, 5.41) is 2.25. The number of rotatable bonds is 4. The number of carbonyl (C=O) groups is 1. The minimum Gasteiger partial charge on any atom is -0.352 e. The monoisotopic (exact) mass is 263 g/mol. The Labute approximate surface area is 102 Å². The summed E-state index contributed by atoms with van der Waals surface area (Å²) in [6.45, 7) is 1.54. The number of benzene rings is 1. The summed E-state index contributed by atoms with van der Waals surface area (Å²) in [6, 6.07) is 4.07. The van der Waals surface area contributed by atoms with Gasteiger partial charge in [0.15, 0.2) is 0 Å². The lowest BCUT2D eigenvalue weighted by Gasteiger charge is -2.08. The highest BCUT2D eigenvalue weighted by molar-refractivity contribution is 5.94. The van der Waals surface area contributed by atoms with Gasteiger partial charge in [0.05, 0.1) is 5.56 Å². The Bertz CT molecular complexity index is 429. The molecule has 1 aromatic carbocycles. The Balaban J connectivity index is 2.46. The van der Waals surface area contributed by atoms with Gasteiger partial charge in [-0.15, -0.1) is 0 Å². The molecule has 6 heteroatoms. The number of aryl methyl sites for hydroxylation is 1. The second-order valence-corrected chi connectivity index (χ2v) is 3.96. The average molecular weight is 263 g/mol. The van der Waals surface area contributed by atoms with Crippen LogP contribution >= 0.6 is 0 Å². The second-order valence-electron chi connectivity index (χ2n) is 3.96. The molecule has 1 rings (SSSR count). The van der Waals surface area contributed by atoms with Crippen molar-refractivity contribution < 1.29 is 22.4 Å². The maximum Gasteiger partial charge on any atom is 0.389 e. The summed E-state index contributed by atoms with van der Waals surface area (Å²) in [5.41, 5.74) is 0.508. The van der Waals surface area contributed by atoms with Crippen molar-refractivity contribution in [3.63, 3.8) is 0 Å². The lowest BCUT2D eigenvalue weighted by Crippen LogP contribution is -2.26. The third-order valence-corrected chi connectivity index (χ3v) is 2.29. The van der Waals surface area contributed by atoms with Gasteiger partial charge in [0, 0.05) is 13.0 Å². The van der Waals surface area contributed by atoms with Crippen LogP contribution in [0, 0.1) is 12.7 Å². The highest BCUT2D eigenvalue weighted by atomic mass is 19.4. The predicted molar refractivity (Wildman–Crippen MR) is 58.8 cm³/mol. The normalized spacial score (nSPS) is 11.4. The van der Waals surface area contributed by atoms with Crippen LogP contribution in [0.3, 0.4) is 0 Å². The number of hydrogen-bond donors (Lipinski definition) is 1. The van der Waals surface area contributed by atoms with Crippen LogP contribution in [0.15, 0.2) is 18.2 Å². The molecule has 18 heavy (non-hydrogen) atoms. The Morgan fingerprint density at radius 3 is 2.56 bits per heavy atom. The molecule has 0 saturated heterocycles. The zero-order chi connectivity index (χ0) is 13.8. The third kappa shape index (κ3) is 4.73. The largest absolute Gasteiger partial charge is 0.389 e. The molecular formula is C12H13F4NO. The molecule has 1 aromatic rings. The van der Waals surface area contributed by atoms with Crippen molar-refractivity contribution in [2.45, 2.75) is 25.9 Å². The number of amides is 1. The lowest BCUT2D eigenvalue weighted by atomic mass is 10.1. The fourth-order valence-electron chi connectivity index (χ4n) is 1.39. The van der Waals surface area contributed by atoms with Crippen LogP contribution in [0.1, 0.15) is 28.8 Å². The molecule has 0 unspecified atom stereocenters. The Morgan fingerprint density at radius 2 is 2.00 bits per heavy atom. The van der Waals surface area contributed by atoms with Gasteiger partial charge >= 0.3 is 6.18 Å². The van der Waals surface area contributed by atoms with Crippen molar-refractivity contribution >= 4 is 5.91 Å². The maximum atomic E-state index is 13.4. The van der Waals surface area contributed by atoms with Crippen LogP contribution in [0.5, 0.6) is 0 Å². The van der Waals surface area contributed by atoms with Gasteiger partial charge in [-0.1, -0.05) is 6.07 Å². The van der Waals surface area contributed by atoms with E-state index in [1.165, 1.54) is 12.1 Å². The van der Waals surface area contributed by atoms with E-state index in [0.29, 0.717) is 5.56 Å². The van der Waals surface area contributed by atoms with Crippen molar-refractivity contribution in [1.82, 2.24) is 5.32 Å². The van der Waals surface area contributed by atoms with Crippen LogP contribution in [0.4, 0.5) is 17.6 Å². The van der Waals surface area contributed by atoms with E-state index in [2.05, 4.69) is 5.32 Å². The van der Waals surface area contributed by atoms with Crippen LogP contribution in [0.2, 0.25) is 0 Å².